The van der Waals surface area contributed by atoms with E-state index in [4.69, 9.17) is 0 Å². The van der Waals surface area contributed by atoms with Crippen LogP contribution in [0.3, 0.4) is 0 Å². The summed E-state index contributed by atoms with van der Waals surface area (Å²) in [7, 11) is -3.46. The number of nitrogens with one attached hydrogen (secondary N) is 1. The smallest absolute Gasteiger partial charge is 0.253 e. The van der Waals surface area contributed by atoms with E-state index in [1.165, 1.54) is 0 Å². The minimum atomic E-state index is -3.46. The molecule has 4 rings (SSSR count). The third-order valence-electron chi connectivity index (χ3n) is 6.35. The van der Waals surface area contributed by atoms with Gasteiger partial charge in [-0.3, -0.25) is 4.79 Å². The van der Waals surface area contributed by atoms with Crippen LogP contribution >= 0.6 is 0 Å². The number of carbonyl (C=O) groups is 1. The van der Waals surface area contributed by atoms with Gasteiger partial charge in [-0.25, -0.2) is 8.42 Å². The van der Waals surface area contributed by atoms with Gasteiger partial charge in [-0.05, 0) is 69.1 Å². The van der Waals surface area contributed by atoms with E-state index in [0.717, 1.165) is 16.7 Å². The van der Waals surface area contributed by atoms with Crippen molar-refractivity contribution in [2.24, 2.45) is 0 Å². The summed E-state index contributed by atoms with van der Waals surface area (Å²) in [6.45, 7) is 6.65. The molecule has 1 saturated heterocycles. The highest BCUT2D eigenvalue weighted by Crippen LogP contribution is 2.45. The third kappa shape index (κ3) is 3.28. The maximum absolute atomic E-state index is 13.5. The van der Waals surface area contributed by atoms with E-state index in [1.54, 1.807) is 17.0 Å². The van der Waals surface area contributed by atoms with Crippen LogP contribution in [-0.2, 0) is 9.84 Å². The van der Waals surface area contributed by atoms with Crippen LogP contribution in [0.15, 0.2) is 59.5 Å². The first-order chi connectivity index (χ1) is 14.4. The lowest BCUT2D eigenvalue weighted by Gasteiger charge is -2.39. The standard InChI is InChI=1S/C24H28N2O3S/c1-3-26(4-2)23(27)19-11-9-18(10-12-19)21-17-24(13-15-25-16-14-24)30(28,29)22-8-6-5-7-20(21)22/h5-12,17,25H,3-4,13-16H2,1-2H3. The summed E-state index contributed by atoms with van der Waals surface area (Å²) in [5, 5.41) is 3.28. The molecule has 1 amide bonds. The molecule has 0 bridgehead atoms. The Morgan fingerprint density at radius 3 is 2.27 bits per heavy atom. The first-order valence-electron chi connectivity index (χ1n) is 10.6. The van der Waals surface area contributed by atoms with Crippen LogP contribution in [0.2, 0.25) is 0 Å². The molecule has 0 aromatic heterocycles. The van der Waals surface area contributed by atoms with Crippen LogP contribution in [0.1, 0.15) is 48.2 Å². The SMILES string of the molecule is CCN(CC)C(=O)c1ccc(C2=CC3(CCNCC3)S(=O)(=O)c3ccccc32)cc1. The molecule has 0 radical (unpaired) electrons. The van der Waals surface area contributed by atoms with Crippen LogP contribution in [0, 0.1) is 0 Å². The van der Waals surface area contributed by atoms with Crippen LogP contribution in [-0.4, -0.2) is 50.2 Å². The number of piperidine rings is 1. The molecular weight excluding hydrogens is 396 g/mol. The topological polar surface area (TPSA) is 66.5 Å². The van der Waals surface area contributed by atoms with Crippen molar-refractivity contribution < 1.29 is 13.2 Å². The molecule has 2 aliphatic heterocycles. The molecule has 30 heavy (non-hydrogen) atoms. The Balaban J connectivity index is 1.80. The number of amides is 1. The van der Waals surface area contributed by atoms with Crippen molar-refractivity contribution in [3.05, 3.63) is 71.3 Å². The van der Waals surface area contributed by atoms with Crippen molar-refractivity contribution in [3.63, 3.8) is 0 Å². The lowest BCUT2D eigenvalue weighted by molar-refractivity contribution is 0.0773. The number of benzene rings is 2. The van der Waals surface area contributed by atoms with Gasteiger partial charge in [-0.1, -0.05) is 36.4 Å². The lowest BCUT2D eigenvalue weighted by atomic mass is 9.88. The van der Waals surface area contributed by atoms with Gasteiger partial charge in [0.1, 0.15) is 0 Å². The van der Waals surface area contributed by atoms with E-state index in [-0.39, 0.29) is 5.91 Å². The van der Waals surface area contributed by atoms with Gasteiger partial charge in [-0.15, -0.1) is 0 Å². The minimum Gasteiger partial charge on any atom is -0.339 e. The molecule has 0 saturated carbocycles. The normalized spacial score (nSPS) is 19.1. The Morgan fingerprint density at radius 2 is 1.63 bits per heavy atom. The molecule has 6 heteroatoms. The largest absolute Gasteiger partial charge is 0.339 e. The van der Waals surface area contributed by atoms with Gasteiger partial charge in [-0.2, -0.15) is 0 Å². The number of rotatable bonds is 4. The molecule has 5 nitrogen and oxygen atoms in total. The van der Waals surface area contributed by atoms with Crippen LogP contribution in [0.4, 0.5) is 0 Å². The fourth-order valence-corrected chi connectivity index (χ4v) is 6.73. The summed E-state index contributed by atoms with van der Waals surface area (Å²) in [4.78, 5) is 14.8. The predicted molar refractivity (Wildman–Crippen MR) is 119 cm³/mol. The van der Waals surface area contributed by atoms with Gasteiger partial charge in [0.2, 0.25) is 0 Å². The van der Waals surface area contributed by atoms with E-state index in [2.05, 4.69) is 5.32 Å². The molecule has 2 aliphatic rings. The minimum absolute atomic E-state index is 0.0157. The van der Waals surface area contributed by atoms with Gasteiger partial charge in [0.05, 0.1) is 9.64 Å². The van der Waals surface area contributed by atoms with E-state index in [1.807, 2.05) is 56.3 Å². The maximum atomic E-state index is 13.5. The first kappa shape index (κ1) is 20.8. The quantitative estimate of drug-likeness (QED) is 0.816. The molecule has 2 aromatic carbocycles. The number of sulfone groups is 1. The summed E-state index contributed by atoms with van der Waals surface area (Å²) in [6.07, 6.45) is 3.09. The molecule has 158 valence electrons. The molecule has 0 unspecified atom stereocenters. The highest BCUT2D eigenvalue weighted by molar-refractivity contribution is 7.93. The van der Waals surface area contributed by atoms with Crippen molar-refractivity contribution in [1.29, 1.82) is 0 Å². The van der Waals surface area contributed by atoms with E-state index in [9.17, 15) is 13.2 Å². The Hall–Kier alpha value is -2.44. The molecule has 0 aliphatic carbocycles. The van der Waals surface area contributed by atoms with Crippen LogP contribution in [0.25, 0.3) is 5.57 Å². The number of hydrogen-bond donors (Lipinski definition) is 1. The Bertz CT molecular complexity index is 1080. The van der Waals surface area contributed by atoms with Crippen molar-refractivity contribution in [1.82, 2.24) is 10.2 Å². The number of carbonyl (C=O) groups excluding carboxylic acids is 1. The second-order valence-electron chi connectivity index (χ2n) is 7.93. The number of nitrogens with zero attached hydrogens (tertiary/aromatic N) is 1. The summed E-state index contributed by atoms with van der Waals surface area (Å²) < 4.78 is 26.2. The summed E-state index contributed by atoms with van der Waals surface area (Å²) in [6, 6.07) is 14.8. The van der Waals surface area contributed by atoms with Crippen molar-refractivity contribution in [3.8, 4) is 0 Å². The highest BCUT2D eigenvalue weighted by Gasteiger charge is 2.47. The molecule has 1 fully saturated rings. The van der Waals surface area contributed by atoms with Gasteiger partial charge in [0.25, 0.3) is 5.91 Å². The second-order valence-corrected chi connectivity index (χ2v) is 10.2. The number of hydrogen-bond acceptors (Lipinski definition) is 4. The summed E-state index contributed by atoms with van der Waals surface area (Å²) in [5.74, 6) is 0.0157. The van der Waals surface area contributed by atoms with E-state index in [0.29, 0.717) is 49.5 Å². The highest BCUT2D eigenvalue weighted by atomic mass is 32.2. The zero-order valence-electron chi connectivity index (χ0n) is 17.5. The zero-order valence-corrected chi connectivity index (χ0v) is 18.3. The molecule has 1 N–H and O–H groups in total. The van der Waals surface area contributed by atoms with Crippen molar-refractivity contribution in [2.75, 3.05) is 26.2 Å². The first-order valence-corrected chi connectivity index (χ1v) is 12.1. The molecule has 2 aromatic rings. The maximum Gasteiger partial charge on any atom is 0.253 e. The zero-order chi connectivity index (χ0) is 21.4. The van der Waals surface area contributed by atoms with Gasteiger partial charge >= 0.3 is 0 Å². The third-order valence-corrected chi connectivity index (χ3v) is 8.88. The Kier molecular flexibility index (Phi) is 5.55. The molecule has 0 atom stereocenters. The van der Waals surface area contributed by atoms with Gasteiger partial charge < -0.3 is 10.2 Å². The van der Waals surface area contributed by atoms with Crippen molar-refractivity contribution >= 4 is 21.3 Å². The second kappa shape index (κ2) is 8.00. The van der Waals surface area contributed by atoms with Crippen LogP contribution < -0.4 is 5.32 Å². The summed E-state index contributed by atoms with van der Waals surface area (Å²) in [5.41, 5.74) is 3.26. The van der Waals surface area contributed by atoms with Crippen LogP contribution in [0.5, 0.6) is 0 Å². The molecule has 2 heterocycles. The monoisotopic (exact) mass is 424 g/mol. The summed E-state index contributed by atoms with van der Waals surface area (Å²) >= 11 is 0. The lowest BCUT2D eigenvalue weighted by Crippen LogP contribution is -2.48. The van der Waals surface area contributed by atoms with Gasteiger partial charge in [0.15, 0.2) is 9.84 Å². The molecular formula is C24H28N2O3S. The fraction of sp³-hybridized carbons (Fsp3) is 0.375. The fourth-order valence-electron chi connectivity index (χ4n) is 4.55. The van der Waals surface area contributed by atoms with E-state index < -0.39 is 14.6 Å². The van der Waals surface area contributed by atoms with E-state index >= 15 is 0 Å². The number of fused-ring (bicyclic) bond motifs is 1. The predicted octanol–water partition coefficient (Wildman–Crippen LogP) is 3.51. The Morgan fingerprint density at radius 1 is 1.00 bits per heavy atom. The average Bonchev–Trinajstić information content (AvgIpc) is 2.78. The van der Waals surface area contributed by atoms with Gasteiger partial charge in [0, 0.05) is 24.2 Å². The van der Waals surface area contributed by atoms with Crippen molar-refractivity contribution in [2.45, 2.75) is 36.3 Å². The average molecular weight is 425 g/mol. The Labute approximate surface area is 178 Å². The molecule has 1 spiro atoms.